The van der Waals surface area contributed by atoms with E-state index in [9.17, 15) is 4.79 Å². The van der Waals surface area contributed by atoms with E-state index in [4.69, 9.17) is 5.73 Å². The van der Waals surface area contributed by atoms with Crippen molar-refractivity contribution in [3.05, 3.63) is 12.3 Å². The lowest BCUT2D eigenvalue weighted by Gasteiger charge is -2.18. The van der Waals surface area contributed by atoms with Crippen LogP contribution in [0.3, 0.4) is 0 Å². The van der Waals surface area contributed by atoms with Crippen molar-refractivity contribution in [3.8, 4) is 0 Å². The van der Waals surface area contributed by atoms with E-state index in [0.717, 1.165) is 13.1 Å². The second-order valence-corrected chi connectivity index (χ2v) is 4.03. The molecule has 90 valence electrons. The number of nitrogens with zero attached hydrogens (tertiary/aromatic N) is 4. The van der Waals surface area contributed by atoms with Gasteiger partial charge in [-0.05, 0) is 13.1 Å². The standard InChI is InChI=1S/C10H19N5O/c1-13(2)10(16)8-14(3)6-7-15-5-4-9(11)12-15/h4-5H,6-8H2,1-3H3,(H2,11,12). The second kappa shape index (κ2) is 5.50. The smallest absolute Gasteiger partial charge is 0.236 e. The van der Waals surface area contributed by atoms with Crippen LogP contribution < -0.4 is 5.73 Å². The molecule has 0 aromatic carbocycles. The van der Waals surface area contributed by atoms with Crippen LogP contribution in [-0.4, -0.2) is 59.7 Å². The Balaban J connectivity index is 2.30. The average Bonchev–Trinajstić information content (AvgIpc) is 2.61. The van der Waals surface area contributed by atoms with Crippen LogP contribution in [0.15, 0.2) is 12.3 Å². The van der Waals surface area contributed by atoms with Gasteiger partial charge in [0, 0.05) is 26.8 Å². The number of carbonyl (C=O) groups excluding carboxylic acids is 1. The van der Waals surface area contributed by atoms with Crippen molar-refractivity contribution in [2.45, 2.75) is 6.54 Å². The van der Waals surface area contributed by atoms with E-state index in [-0.39, 0.29) is 5.91 Å². The number of carbonyl (C=O) groups is 1. The van der Waals surface area contributed by atoms with Gasteiger partial charge in [0.15, 0.2) is 0 Å². The van der Waals surface area contributed by atoms with Gasteiger partial charge in [-0.3, -0.25) is 14.4 Å². The van der Waals surface area contributed by atoms with Gasteiger partial charge in [0.2, 0.25) is 5.91 Å². The Kier molecular flexibility index (Phi) is 4.30. The van der Waals surface area contributed by atoms with Gasteiger partial charge in [-0.2, -0.15) is 5.10 Å². The number of nitrogen functional groups attached to an aromatic ring is 1. The Morgan fingerprint density at radius 3 is 2.69 bits per heavy atom. The van der Waals surface area contributed by atoms with Crippen molar-refractivity contribution < 1.29 is 4.79 Å². The third-order valence-corrected chi connectivity index (χ3v) is 2.28. The summed E-state index contributed by atoms with van der Waals surface area (Å²) in [5, 5.41) is 4.07. The fraction of sp³-hybridized carbons (Fsp3) is 0.600. The van der Waals surface area contributed by atoms with E-state index in [2.05, 4.69) is 5.10 Å². The van der Waals surface area contributed by atoms with Crippen LogP contribution in [0.25, 0.3) is 0 Å². The summed E-state index contributed by atoms with van der Waals surface area (Å²) in [5.41, 5.74) is 5.50. The molecule has 0 aliphatic carbocycles. The third-order valence-electron chi connectivity index (χ3n) is 2.28. The third kappa shape index (κ3) is 3.90. The lowest BCUT2D eigenvalue weighted by molar-refractivity contribution is -0.129. The zero-order valence-electron chi connectivity index (χ0n) is 10.1. The number of likely N-dealkylation sites (N-methyl/N-ethyl adjacent to an activating group) is 2. The summed E-state index contributed by atoms with van der Waals surface area (Å²) < 4.78 is 1.77. The highest BCUT2D eigenvalue weighted by molar-refractivity contribution is 5.77. The Labute approximate surface area is 95.6 Å². The summed E-state index contributed by atoms with van der Waals surface area (Å²) >= 11 is 0. The predicted octanol–water partition coefficient (Wildman–Crippen LogP) is -0.515. The minimum Gasteiger partial charge on any atom is -0.382 e. The molecule has 1 rings (SSSR count). The van der Waals surface area contributed by atoms with Crippen LogP contribution in [0, 0.1) is 0 Å². The van der Waals surface area contributed by atoms with Crippen molar-refractivity contribution >= 4 is 11.7 Å². The first-order valence-electron chi connectivity index (χ1n) is 5.16. The van der Waals surface area contributed by atoms with Gasteiger partial charge >= 0.3 is 0 Å². The van der Waals surface area contributed by atoms with Gasteiger partial charge in [-0.25, -0.2) is 0 Å². The fourth-order valence-electron chi connectivity index (χ4n) is 1.23. The highest BCUT2D eigenvalue weighted by atomic mass is 16.2. The highest BCUT2D eigenvalue weighted by Gasteiger charge is 2.08. The summed E-state index contributed by atoms with van der Waals surface area (Å²) in [5.74, 6) is 0.620. The van der Waals surface area contributed by atoms with Gasteiger partial charge in [0.25, 0.3) is 0 Å². The molecule has 0 spiro atoms. The molecule has 0 saturated carbocycles. The normalized spacial score (nSPS) is 10.8. The molecular formula is C10H19N5O. The SMILES string of the molecule is CN(CCn1ccc(N)n1)CC(=O)N(C)C. The molecule has 1 aromatic heterocycles. The molecule has 1 heterocycles. The molecule has 0 fully saturated rings. The number of nitrogens with two attached hydrogens (primary N) is 1. The topological polar surface area (TPSA) is 67.4 Å². The van der Waals surface area contributed by atoms with Crippen LogP contribution in [0.2, 0.25) is 0 Å². The van der Waals surface area contributed by atoms with Gasteiger partial charge < -0.3 is 10.6 Å². The molecule has 1 aromatic rings. The van der Waals surface area contributed by atoms with E-state index in [0.29, 0.717) is 12.4 Å². The monoisotopic (exact) mass is 225 g/mol. The second-order valence-electron chi connectivity index (χ2n) is 4.03. The maximum Gasteiger partial charge on any atom is 0.236 e. The van der Waals surface area contributed by atoms with Gasteiger partial charge in [-0.15, -0.1) is 0 Å². The van der Waals surface area contributed by atoms with E-state index < -0.39 is 0 Å². The molecule has 0 atom stereocenters. The Morgan fingerprint density at radius 1 is 1.50 bits per heavy atom. The molecule has 0 radical (unpaired) electrons. The molecule has 0 unspecified atom stereocenters. The molecule has 1 amide bonds. The Bertz CT molecular complexity index is 347. The van der Waals surface area contributed by atoms with Crippen LogP contribution in [0.1, 0.15) is 0 Å². The first-order chi connectivity index (χ1) is 7.49. The first-order valence-corrected chi connectivity index (χ1v) is 5.16. The number of aromatic nitrogens is 2. The molecule has 0 aliphatic rings. The van der Waals surface area contributed by atoms with E-state index in [1.54, 1.807) is 29.7 Å². The zero-order valence-corrected chi connectivity index (χ0v) is 10.1. The molecule has 6 heteroatoms. The van der Waals surface area contributed by atoms with Crippen molar-refractivity contribution in [1.29, 1.82) is 0 Å². The van der Waals surface area contributed by atoms with Crippen molar-refractivity contribution in [2.75, 3.05) is 40.0 Å². The number of hydrogen-bond donors (Lipinski definition) is 1. The quantitative estimate of drug-likeness (QED) is 0.732. The molecule has 0 bridgehead atoms. The number of anilines is 1. The van der Waals surface area contributed by atoms with Crippen LogP contribution in [-0.2, 0) is 11.3 Å². The van der Waals surface area contributed by atoms with Crippen LogP contribution in [0.4, 0.5) is 5.82 Å². The van der Waals surface area contributed by atoms with Crippen LogP contribution >= 0.6 is 0 Å². The van der Waals surface area contributed by atoms with Gasteiger partial charge in [-0.1, -0.05) is 0 Å². The largest absolute Gasteiger partial charge is 0.382 e. The van der Waals surface area contributed by atoms with Crippen molar-refractivity contribution in [3.63, 3.8) is 0 Å². The van der Waals surface area contributed by atoms with Gasteiger partial charge in [0.1, 0.15) is 5.82 Å². The predicted molar refractivity (Wildman–Crippen MR) is 62.8 cm³/mol. The maximum atomic E-state index is 11.4. The summed E-state index contributed by atoms with van der Waals surface area (Å²) in [7, 11) is 5.42. The first kappa shape index (κ1) is 12.5. The summed E-state index contributed by atoms with van der Waals surface area (Å²) in [6.45, 7) is 1.92. The zero-order chi connectivity index (χ0) is 12.1. The van der Waals surface area contributed by atoms with E-state index in [1.807, 2.05) is 18.1 Å². The van der Waals surface area contributed by atoms with E-state index in [1.165, 1.54) is 0 Å². The molecular weight excluding hydrogens is 206 g/mol. The molecule has 2 N–H and O–H groups in total. The molecule has 6 nitrogen and oxygen atoms in total. The Morgan fingerprint density at radius 2 is 2.19 bits per heavy atom. The summed E-state index contributed by atoms with van der Waals surface area (Å²) in [4.78, 5) is 15.0. The average molecular weight is 225 g/mol. The van der Waals surface area contributed by atoms with Crippen LogP contribution in [0.5, 0.6) is 0 Å². The molecule has 0 aliphatic heterocycles. The van der Waals surface area contributed by atoms with E-state index >= 15 is 0 Å². The molecule has 16 heavy (non-hydrogen) atoms. The Hall–Kier alpha value is -1.56. The summed E-state index contributed by atoms with van der Waals surface area (Å²) in [6.07, 6.45) is 1.83. The van der Waals surface area contributed by atoms with Crippen molar-refractivity contribution in [1.82, 2.24) is 19.6 Å². The maximum absolute atomic E-state index is 11.4. The lowest BCUT2D eigenvalue weighted by atomic mass is 10.4. The highest BCUT2D eigenvalue weighted by Crippen LogP contribution is 1.96. The minimum absolute atomic E-state index is 0.0995. The number of rotatable bonds is 5. The lowest BCUT2D eigenvalue weighted by Crippen LogP contribution is -2.35. The van der Waals surface area contributed by atoms with Gasteiger partial charge in [0.05, 0.1) is 13.1 Å². The number of amides is 1. The fourth-order valence-corrected chi connectivity index (χ4v) is 1.23. The minimum atomic E-state index is 0.0995. The number of hydrogen-bond acceptors (Lipinski definition) is 4. The van der Waals surface area contributed by atoms with Crippen molar-refractivity contribution in [2.24, 2.45) is 0 Å². The summed E-state index contributed by atoms with van der Waals surface area (Å²) in [6, 6.07) is 1.75. The molecule has 0 saturated heterocycles.